The van der Waals surface area contributed by atoms with E-state index in [0.717, 1.165) is 0 Å². The highest BCUT2D eigenvalue weighted by Gasteiger charge is 2.28. The standard InChI is InChI=1S/C16H19NO6S/c1-22-14-5-3-2-4-12(14)6-7-16(19)23-10-15(18)17-13-8-9-24(20,21)11-13/h2-7,13H,8-11H2,1H3,(H,17,18)/b7-6+/t13-/m1/s1. The molecule has 1 amide bonds. The zero-order chi connectivity index (χ0) is 17.6. The largest absolute Gasteiger partial charge is 0.496 e. The first-order valence-electron chi connectivity index (χ1n) is 7.37. The third kappa shape index (κ3) is 5.38. The predicted octanol–water partition coefficient (Wildman–Crippen LogP) is 0.555. The highest BCUT2D eigenvalue weighted by Crippen LogP contribution is 2.18. The quantitative estimate of drug-likeness (QED) is 0.592. The van der Waals surface area contributed by atoms with Crippen LogP contribution in [0.2, 0.25) is 0 Å². The molecule has 0 bridgehead atoms. The molecule has 0 saturated carbocycles. The number of nitrogens with one attached hydrogen (secondary N) is 1. The average Bonchev–Trinajstić information content (AvgIpc) is 2.89. The van der Waals surface area contributed by atoms with Gasteiger partial charge in [-0.3, -0.25) is 4.79 Å². The normalized spacial score (nSPS) is 19.1. The first-order valence-corrected chi connectivity index (χ1v) is 9.19. The number of carbonyl (C=O) groups is 2. The number of sulfone groups is 1. The van der Waals surface area contributed by atoms with Gasteiger partial charge in [0.2, 0.25) is 0 Å². The van der Waals surface area contributed by atoms with Gasteiger partial charge in [-0.2, -0.15) is 0 Å². The summed E-state index contributed by atoms with van der Waals surface area (Å²) in [4.78, 5) is 23.3. The third-order valence-corrected chi connectivity index (χ3v) is 5.25. The second-order valence-corrected chi connectivity index (χ2v) is 7.58. The Kier molecular flexibility index (Phi) is 5.97. The molecule has 1 atom stereocenters. The molecule has 0 radical (unpaired) electrons. The van der Waals surface area contributed by atoms with Crippen LogP contribution < -0.4 is 10.1 Å². The fourth-order valence-corrected chi connectivity index (χ4v) is 4.00. The van der Waals surface area contributed by atoms with Gasteiger partial charge in [-0.05, 0) is 18.6 Å². The van der Waals surface area contributed by atoms with Crippen LogP contribution in [-0.4, -0.2) is 51.6 Å². The molecule has 1 fully saturated rings. The molecule has 7 nitrogen and oxygen atoms in total. The number of hydrogen-bond donors (Lipinski definition) is 1. The van der Waals surface area contributed by atoms with E-state index in [-0.39, 0.29) is 11.5 Å². The molecule has 0 spiro atoms. The van der Waals surface area contributed by atoms with Gasteiger partial charge in [0.15, 0.2) is 16.4 Å². The topological polar surface area (TPSA) is 98.8 Å². The van der Waals surface area contributed by atoms with Crippen LogP contribution in [0.25, 0.3) is 6.08 Å². The Morgan fingerprint density at radius 2 is 2.08 bits per heavy atom. The van der Waals surface area contributed by atoms with Gasteiger partial charge in [-0.1, -0.05) is 18.2 Å². The number of hydrogen-bond acceptors (Lipinski definition) is 6. The number of para-hydroxylation sites is 1. The van der Waals surface area contributed by atoms with Crippen LogP contribution in [0, 0.1) is 0 Å². The van der Waals surface area contributed by atoms with E-state index in [1.807, 2.05) is 6.07 Å². The molecule has 2 rings (SSSR count). The first kappa shape index (κ1) is 18.0. The zero-order valence-corrected chi connectivity index (χ0v) is 14.0. The molecular formula is C16H19NO6S. The van der Waals surface area contributed by atoms with Crippen molar-refractivity contribution in [2.24, 2.45) is 0 Å². The zero-order valence-electron chi connectivity index (χ0n) is 13.2. The van der Waals surface area contributed by atoms with Crippen molar-refractivity contribution in [3.63, 3.8) is 0 Å². The summed E-state index contributed by atoms with van der Waals surface area (Å²) in [7, 11) is -1.54. The predicted molar refractivity (Wildman–Crippen MR) is 88.2 cm³/mol. The van der Waals surface area contributed by atoms with Crippen molar-refractivity contribution < 1.29 is 27.5 Å². The Morgan fingerprint density at radius 3 is 2.75 bits per heavy atom. The maximum absolute atomic E-state index is 11.7. The Labute approximate surface area is 140 Å². The smallest absolute Gasteiger partial charge is 0.331 e. The second kappa shape index (κ2) is 7.96. The summed E-state index contributed by atoms with van der Waals surface area (Å²) in [6.45, 7) is -0.453. The van der Waals surface area contributed by atoms with Crippen LogP contribution >= 0.6 is 0 Å². The lowest BCUT2D eigenvalue weighted by atomic mass is 10.2. The van der Waals surface area contributed by atoms with Crippen molar-refractivity contribution in [1.29, 1.82) is 0 Å². The number of carbonyl (C=O) groups excluding carboxylic acids is 2. The molecule has 1 aromatic carbocycles. The van der Waals surface area contributed by atoms with E-state index in [2.05, 4.69) is 5.32 Å². The van der Waals surface area contributed by atoms with Gasteiger partial charge in [0.25, 0.3) is 5.91 Å². The maximum Gasteiger partial charge on any atom is 0.331 e. The molecule has 1 aliphatic heterocycles. The van der Waals surface area contributed by atoms with E-state index in [0.29, 0.717) is 17.7 Å². The Bertz CT molecular complexity index is 741. The fraction of sp³-hybridized carbons (Fsp3) is 0.375. The van der Waals surface area contributed by atoms with Gasteiger partial charge >= 0.3 is 5.97 Å². The van der Waals surface area contributed by atoms with Crippen LogP contribution in [0.15, 0.2) is 30.3 Å². The Balaban J connectivity index is 1.78. The summed E-state index contributed by atoms with van der Waals surface area (Å²) in [6, 6.07) is 6.73. The van der Waals surface area contributed by atoms with Crippen molar-refractivity contribution in [3.05, 3.63) is 35.9 Å². The number of ether oxygens (including phenoxy) is 2. The van der Waals surface area contributed by atoms with E-state index >= 15 is 0 Å². The summed E-state index contributed by atoms with van der Waals surface area (Å²) in [5, 5.41) is 2.54. The summed E-state index contributed by atoms with van der Waals surface area (Å²) in [6.07, 6.45) is 3.11. The Morgan fingerprint density at radius 1 is 1.33 bits per heavy atom. The van der Waals surface area contributed by atoms with Crippen LogP contribution in [0.3, 0.4) is 0 Å². The van der Waals surface area contributed by atoms with Crippen LogP contribution in [0.5, 0.6) is 5.75 Å². The lowest BCUT2D eigenvalue weighted by molar-refractivity contribution is -0.143. The molecule has 24 heavy (non-hydrogen) atoms. The van der Waals surface area contributed by atoms with E-state index in [9.17, 15) is 18.0 Å². The number of benzene rings is 1. The Hall–Kier alpha value is -2.35. The SMILES string of the molecule is COc1ccccc1/C=C/C(=O)OCC(=O)N[C@@H]1CCS(=O)(=O)C1. The molecule has 0 aliphatic carbocycles. The molecular weight excluding hydrogens is 334 g/mol. The molecule has 1 aromatic rings. The van der Waals surface area contributed by atoms with Crippen molar-refractivity contribution in [1.82, 2.24) is 5.32 Å². The van der Waals surface area contributed by atoms with Crippen LogP contribution in [-0.2, 0) is 24.2 Å². The third-order valence-electron chi connectivity index (χ3n) is 3.48. The van der Waals surface area contributed by atoms with E-state index in [1.54, 1.807) is 18.2 Å². The fourth-order valence-electron chi connectivity index (χ4n) is 2.32. The van der Waals surface area contributed by atoms with Crippen molar-refractivity contribution in [3.8, 4) is 5.75 Å². The van der Waals surface area contributed by atoms with Gasteiger partial charge in [-0.25, -0.2) is 13.2 Å². The lowest BCUT2D eigenvalue weighted by Crippen LogP contribution is -2.38. The summed E-state index contributed by atoms with van der Waals surface area (Å²) < 4.78 is 32.6. The molecule has 1 saturated heterocycles. The molecule has 0 unspecified atom stereocenters. The molecule has 1 heterocycles. The molecule has 8 heteroatoms. The van der Waals surface area contributed by atoms with E-state index in [4.69, 9.17) is 9.47 Å². The van der Waals surface area contributed by atoms with Gasteiger partial charge in [0.1, 0.15) is 5.75 Å². The monoisotopic (exact) mass is 353 g/mol. The minimum Gasteiger partial charge on any atom is -0.496 e. The molecule has 0 aromatic heterocycles. The van der Waals surface area contributed by atoms with Gasteiger partial charge in [0.05, 0.1) is 18.6 Å². The summed E-state index contributed by atoms with van der Waals surface area (Å²) in [5.74, 6) is -0.576. The lowest BCUT2D eigenvalue weighted by Gasteiger charge is -2.10. The summed E-state index contributed by atoms with van der Waals surface area (Å²) in [5.41, 5.74) is 0.706. The second-order valence-electron chi connectivity index (χ2n) is 5.35. The van der Waals surface area contributed by atoms with Crippen LogP contribution in [0.4, 0.5) is 0 Å². The molecule has 1 N–H and O–H groups in total. The van der Waals surface area contributed by atoms with Gasteiger partial charge in [-0.15, -0.1) is 0 Å². The number of rotatable bonds is 6. The average molecular weight is 353 g/mol. The number of esters is 1. The van der Waals surface area contributed by atoms with Crippen LogP contribution in [0.1, 0.15) is 12.0 Å². The number of methoxy groups -OCH3 is 1. The highest BCUT2D eigenvalue weighted by molar-refractivity contribution is 7.91. The van der Waals surface area contributed by atoms with Gasteiger partial charge < -0.3 is 14.8 Å². The molecule has 1 aliphatic rings. The maximum atomic E-state index is 11.7. The minimum atomic E-state index is -3.06. The molecule has 130 valence electrons. The summed E-state index contributed by atoms with van der Waals surface area (Å²) >= 11 is 0. The number of amides is 1. The van der Waals surface area contributed by atoms with E-state index < -0.39 is 34.4 Å². The van der Waals surface area contributed by atoms with Crippen molar-refractivity contribution in [2.45, 2.75) is 12.5 Å². The first-order chi connectivity index (χ1) is 11.4. The van der Waals surface area contributed by atoms with Crippen molar-refractivity contribution in [2.75, 3.05) is 25.2 Å². The highest BCUT2D eigenvalue weighted by atomic mass is 32.2. The van der Waals surface area contributed by atoms with Gasteiger partial charge in [0, 0.05) is 17.7 Å². The van der Waals surface area contributed by atoms with E-state index in [1.165, 1.54) is 19.3 Å². The minimum absolute atomic E-state index is 0.0688. The van der Waals surface area contributed by atoms with Crippen molar-refractivity contribution >= 4 is 27.8 Å².